The van der Waals surface area contributed by atoms with E-state index in [-0.39, 0.29) is 21.9 Å². The van der Waals surface area contributed by atoms with E-state index in [4.69, 9.17) is 5.11 Å². The van der Waals surface area contributed by atoms with Gasteiger partial charge >= 0.3 is 11.9 Å². The number of fused-ring (bicyclic) bond motifs is 2. The van der Waals surface area contributed by atoms with Crippen LogP contribution in [0, 0.1) is 11.6 Å². The largest absolute Gasteiger partial charge is 0.477 e. The molecule has 2 aliphatic heterocycles. The minimum Gasteiger partial charge on any atom is -0.477 e. The number of hydrogen-bond acceptors (Lipinski definition) is 14. The van der Waals surface area contributed by atoms with E-state index in [1.165, 1.54) is 52.7 Å². The van der Waals surface area contributed by atoms with Gasteiger partial charge < -0.3 is 34.5 Å². The molecular weight excluding hydrogens is 1020 g/mol. The van der Waals surface area contributed by atoms with Gasteiger partial charge in [-0.25, -0.2) is 18.4 Å². The average Bonchev–Trinajstić information content (AvgIpc) is 4.15. The van der Waals surface area contributed by atoms with Crippen LogP contribution in [0.5, 0.6) is 0 Å². The first-order valence-corrected chi connectivity index (χ1v) is 25.6. The summed E-state index contributed by atoms with van der Waals surface area (Å²) in [5.74, 6) is -3.62. The molecule has 0 saturated carbocycles. The van der Waals surface area contributed by atoms with E-state index in [9.17, 15) is 28.7 Å². The molecule has 16 nitrogen and oxygen atoms in total. The predicted molar refractivity (Wildman–Crippen MR) is 277 cm³/mol. The highest BCUT2D eigenvalue weighted by molar-refractivity contribution is 9.08. The van der Waals surface area contributed by atoms with Gasteiger partial charge in [0.25, 0.3) is 0 Å². The minimum atomic E-state index is -1.31. The van der Waals surface area contributed by atoms with Gasteiger partial charge in [-0.15, -0.1) is 10.2 Å². The Balaban J connectivity index is 0.000000160. The van der Waals surface area contributed by atoms with Crippen molar-refractivity contribution >= 4 is 84.1 Å². The van der Waals surface area contributed by atoms with Gasteiger partial charge in [-0.2, -0.15) is 0 Å². The van der Waals surface area contributed by atoms with Gasteiger partial charge in [0.15, 0.2) is 0 Å². The van der Waals surface area contributed by atoms with E-state index in [1.54, 1.807) is 21.3 Å². The summed E-state index contributed by atoms with van der Waals surface area (Å²) >= 11 is 6.11. The van der Waals surface area contributed by atoms with E-state index in [1.807, 2.05) is 34.4 Å². The van der Waals surface area contributed by atoms with Crippen molar-refractivity contribution in [2.75, 3.05) is 62.2 Å². The first kappa shape index (κ1) is 50.6. The highest BCUT2D eigenvalue weighted by Crippen LogP contribution is 2.29. The normalized spacial score (nSPS) is 13.9. The molecule has 4 aromatic heterocycles. The maximum absolute atomic E-state index is 15.1. The zero-order chi connectivity index (χ0) is 50.2. The zero-order valence-corrected chi connectivity index (χ0v) is 41.9. The van der Waals surface area contributed by atoms with Gasteiger partial charge in [0, 0.05) is 122 Å². The summed E-state index contributed by atoms with van der Waals surface area (Å²) < 4.78 is 40.7. The summed E-state index contributed by atoms with van der Waals surface area (Å²) in [5.41, 5.74) is 6.43. The van der Waals surface area contributed by atoms with Crippen LogP contribution in [0.1, 0.15) is 45.7 Å². The number of benzene rings is 4. The first-order valence-electron chi connectivity index (χ1n) is 22.8. The van der Waals surface area contributed by atoms with Crippen LogP contribution < -0.4 is 26.0 Å². The van der Waals surface area contributed by atoms with E-state index < -0.39 is 34.4 Å². The van der Waals surface area contributed by atoms with Gasteiger partial charge in [-0.05, 0) is 72.3 Å². The lowest BCUT2D eigenvalue weighted by Crippen LogP contribution is -2.46. The van der Waals surface area contributed by atoms with Crippen molar-refractivity contribution in [2.45, 2.75) is 38.8 Å². The fraction of sp³-hybridized carbons (Fsp3) is 0.280. The fourth-order valence-electron chi connectivity index (χ4n) is 8.55. The molecule has 71 heavy (non-hydrogen) atoms. The summed E-state index contributed by atoms with van der Waals surface area (Å²) in [6.45, 7) is 11.2. The number of pyridine rings is 2. The summed E-state index contributed by atoms with van der Waals surface area (Å²) in [7, 11) is 0. The molecule has 0 amide bonds. The highest BCUT2D eigenvalue weighted by Gasteiger charge is 2.24. The lowest BCUT2D eigenvalue weighted by Gasteiger charge is -2.36. The van der Waals surface area contributed by atoms with Crippen molar-refractivity contribution in [1.82, 2.24) is 38.5 Å². The maximum atomic E-state index is 15.1. The van der Waals surface area contributed by atoms with Crippen molar-refractivity contribution in [3.63, 3.8) is 0 Å². The number of nitrogens with one attached hydrogen (secondary N) is 1. The molecule has 6 heterocycles. The topological polar surface area (TPSA) is 192 Å². The number of carboxylic acid groups (broad SMARTS) is 2. The highest BCUT2D eigenvalue weighted by atomic mass is 79.9. The third-order valence-corrected chi connectivity index (χ3v) is 14.0. The molecular formula is C50H49BrF2N10O6S2. The Morgan fingerprint density at radius 2 is 1.08 bits per heavy atom. The number of aromatic carboxylic acids is 2. The van der Waals surface area contributed by atoms with Crippen LogP contribution in [0.25, 0.3) is 44.3 Å². The number of anilines is 2. The Morgan fingerprint density at radius 3 is 1.48 bits per heavy atom. The molecule has 2 saturated heterocycles. The number of hydrogen-bond donors (Lipinski definition) is 3. The molecule has 8 aromatic rings. The number of alkyl halides is 1. The molecule has 10 rings (SSSR count). The van der Waals surface area contributed by atoms with E-state index in [0.717, 1.165) is 66.6 Å². The number of piperazine rings is 2. The van der Waals surface area contributed by atoms with Crippen LogP contribution in [0.2, 0.25) is 0 Å². The van der Waals surface area contributed by atoms with Crippen molar-refractivity contribution in [3.05, 3.63) is 150 Å². The first-order chi connectivity index (χ1) is 34.4. The predicted octanol–water partition coefficient (Wildman–Crippen LogP) is 8.07. The second-order valence-electron chi connectivity index (χ2n) is 16.7. The Bertz CT molecular complexity index is 3270. The van der Waals surface area contributed by atoms with Crippen molar-refractivity contribution in [1.29, 1.82) is 0 Å². The van der Waals surface area contributed by atoms with Crippen LogP contribution in [0.3, 0.4) is 0 Å². The van der Waals surface area contributed by atoms with Crippen LogP contribution >= 0.6 is 39.0 Å². The molecule has 0 bridgehead atoms. The number of carbonyl (C=O) groups is 2. The standard InChI is InChI=1S/C25H24FN5O3S.C16H18FN3O3.C9H7BrN2S/c1-2-30-14-19(25(33)34)24(32)18-11-20(26)23(12-22(18)30)31-9-7-29(8-10-31)13-16-3-5-17(6-4-16)21-15-35-28-27-21;1-2-19-9-11(16(22)23)15(21)10-7-12(17)14(8-13(10)19)20-5-3-18-4-6-20;10-5-7-1-3-8(4-2-7)9-6-13-12-11-9/h3-6,11-12,14-15H,2,7-10,13H2,1H3,(H,33,34);7-9,18H,2-6H2,1H3,(H,22,23);1-4,6H,5H2. The van der Waals surface area contributed by atoms with Crippen molar-refractivity contribution < 1.29 is 28.6 Å². The van der Waals surface area contributed by atoms with Crippen LogP contribution in [-0.2, 0) is 25.0 Å². The Morgan fingerprint density at radius 1 is 0.648 bits per heavy atom. The van der Waals surface area contributed by atoms with Gasteiger partial charge in [0.05, 0.1) is 22.4 Å². The quantitative estimate of drug-likeness (QED) is 0.105. The number of halogens is 3. The monoisotopic (exact) mass is 1070 g/mol. The minimum absolute atomic E-state index is 0.0866. The average molecular weight is 1070 g/mol. The molecule has 0 radical (unpaired) electrons. The molecule has 4 aromatic carbocycles. The molecule has 0 unspecified atom stereocenters. The molecule has 3 N–H and O–H groups in total. The van der Waals surface area contributed by atoms with E-state index in [0.29, 0.717) is 61.7 Å². The second-order valence-corrected chi connectivity index (χ2v) is 18.5. The molecule has 0 spiro atoms. The van der Waals surface area contributed by atoms with Gasteiger partial charge in [0.2, 0.25) is 10.9 Å². The summed E-state index contributed by atoms with van der Waals surface area (Å²) in [6.07, 6.45) is 2.66. The van der Waals surface area contributed by atoms with Crippen LogP contribution in [0.15, 0.2) is 106 Å². The third kappa shape index (κ3) is 11.6. The lowest BCUT2D eigenvalue weighted by molar-refractivity contribution is 0.0684. The smallest absolute Gasteiger partial charge is 0.341 e. The van der Waals surface area contributed by atoms with Crippen LogP contribution in [-0.4, -0.2) is 108 Å². The molecule has 2 fully saturated rings. The number of carboxylic acids is 2. The molecule has 0 atom stereocenters. The summed E-state index contributed by atoms with van der Waals surface area (Å²) in [5, 5.41) is 34.7. The van der Waals surface area contributed by atoms with Crippen molar-refractivity contribution in [3.8, 4) is 22.5 Å². The SMILES string of the molecule is BrCc1ccc(-c2csnn2)cc1.CCn1cc(C(=O)O)c(=O)c2cc(F)c(N3CCN(Cc4ccc(-c5csnn5)cc4)CC3)cc21.CCn1cc(C(=O)O)c(=O)c2cc(F)c(N3CCNCC3)cc21. The Hall–Kier alpha value is -6.78. The molecule has 2 aliphatic rings. The van der Waals surface area contributed by atoms with E-state index >= 15 is 4.39 Å². The second kappa shape index (κ2) is 23.0. The number of aromatic nitrogens is 6. The fourth-order valence-corrected chi connectivity index (χ4v) is 9.85. The van der Waals surface area contributed by atoms with E-state index in [2.05, 4.69) is 93.9 Å². The maximum Gasteiger partial charge on any atom is 0.341 e. The van der Waals surface area contributed by atoms with Gasteiger partial charge in [-0.1, -0.05) is 73.4 Å². The molecule has 368 valence electrons. The zero-order valence-electron chi connectivity index (χ0n) is 38.7. The molecule has 21 heteroatoms. The van der Waals surface area contributed by atoms with Crippen LogP contribution in [0.4, 0.5) is 20.2 Å². The van der Waals surface area contributed by atoms with Gasteiger partial charge in [-0.3, -0.25) is 14.5 Å². The number of aryl methyl sites for hydroxylation is 2. The Kier molecular flexibility index (Phi) is 16.4. The summed E-state index contributed by atoms with van der Waals surface area (Å²) in [4.78, 5) is 53.8. The number of rotatable bonds is 11. The Labute approximate surface area is 422 Å². The van der Waals surface area contributed by atoms with Gasteiger partial charge in [0.1, 0.15) is 34.1 Å². The summed E-state index contributed by atoms with van der Waals surface area (Å²) in [6, 6.07) is 22.2. The van der Waals surface area contributed by atoms with Crippen molar-refractivity contribution in [2.24, 2.45) is 0 Å². The number of nitrogens with zero attached hydrogens (tertiary/aromatic N) is 9. The third-order valence-electron chi connectivity index (χ3n) is 12.4. The molecule has 0 aliphatic carbocycles. The lowest BCUT2D eigenvalue weighted by atomic mass is 10.1.